The molecule has 5 unspecified atom stereocenters. The Morgan fingerprint density at radius 3 is 2.54 bits per heavy atom. The van der Waals surface area contributed by atoms with Gasteiger partial charge in [-0.3, -0.25) is 4.99 Å². The normalized spacial score (nSPS) is 32.8. The van der Waals surface area contributed by atoms with Gasteiger partial charge in [-0.1, -0.05) is 63.8 Å². The number of fused-ring (bicyclic) bond motifs is 1. The van der Waals surface area contributed by atoms with E-state index >= 15 is 0 Å². The summed E-state index contributed by atoms with van der Waals surface area (Å²) in [6.07, 6.45) is 9.27. The van der Waals surface area contributed by atoms with E-state index in [9.17, 15) is 0 Å². The van der Waals surface area contributed by atoms with Crippen LogP contribution in [0.15, 0.2) is 23.2 Å². The van der Waals surface area contributed by atoms with Crippen LogP contribution in [0.1, 0.15) is 88.8 Å². The highest BCUT2D eigenvalue weighted by Crippen LogP contribution is 2.52. The molecule has 1 fully saturated rings. The lowest BCUT2D eigenvalue weighted by Crippen LogP contribution is -2.33. The molecule has 5 atom stereocenters. The fourth-order valence-corrected chi connectivity index (χ4v) is 6.20. The molecular weight excluding hydrogens is 314 g/mol. The summed E-state index contributed by atoms with van der Waals surface area (Å²) in [6.45, 7) is 12.6. The van der Waals surface area contributed by atoms with Gasteiger partial charge in [-0.15, -0.1) is 0 Å². The van der Waals surface area contributed by atoms with Crippen LogP contribution in [-0.4, -0.2) is 12.3 Å². The minimum Gasteiger partial charge on any atom is -0.294 e. The molecule has 1 aromatic rings. The molecule has 0 N–H and O–H groups in total. The quantitative estimate of drug-likeness (QED) is 0.523. The van der Waals surface area contributed by atoms with Crippen molar-refractivity contribution in [2.24, 2.45) is 28.7 Å². The molecule has 0 spiro atoms. The Hall–Kier alpha value is -1.11. The van der Waals surface area contributed by atoms with E-state index in [2.05, 4.69) is 52.8 Å². The summed E-state index contributed by atoms with van der Waals surface area (Å²) in [4.78, 5) is 4.93. The van der Waals surface area contributed by atoms with E-state index in [-0.39, 0.29) is 0 Å². The van der Waals surface area contributed by atoms with Crippen LogP contribution in [0.5, 0.6) is 0 Å². The lowest BCUT2D eigenvalue weighted by Gasteiger charge is -2.41. The smallest absolute Gasteiger partial charge is 0.0360 e. The number of nitrogens with zero attached hydrogens (tertiary/aromatic N) is 1. The van der Waals surface area contributed by atoms with Gasteiger partial charge in [0, 0.05) is 12.3 Å². The lowest BCUT2D eigenvalue weighted by atomic mass is 9.63. The predicted molar refractivity (Wildman–Crippen MR) is 114 cm³/mol. The van der Waals surface area contributed by atoms with Crippen molar-refractivity contribution in [2.75, 3.05) is 6.54 Å². The minimum absolute atomic E-state index is 0.683. The van der Waals surface area contributed by atoms with Crippen LogP contribution < -0.4 is 0 Å². The number of aliphatic imine (C=N–C) groups is 1. The summed E-state index contributed by atoms with van der Waals surface area (Å²) in [7, 11) is 0. The molecule has 1 heteroatoms. The average molecular weight is 354 g/mol. The van der Waals surface area contributed by atoms with Crippen LogP contribution in [0.25, 0.3) is 0 Å². The monoisotopic (exact) mass is 353 g/mol. The van der Waals surface area contributed by atoms with Gasteiger partial charge in [0.2, 0.25) is 0 Å². The van der Waals surface area contributed by atoms with Gasteiger partial charge in [0.15, 0.2) is 0 Å². The molecule has 0 bridgehead atoms. The Morgan fingerprint density at radius 1 is 1.08 bits per heavy atom. The van der Waals surface area contributed by atoms with Crippen LogP contribution in [0.2, 0.25) is 0 Å². The summed E-state index contributed by atoms with van der Waals surface area (Å²) >= 11 is 0. The second-order valence-corrected chi connectivity index (χ2v) is 8.88. The van der Waals surface area contributed by atoms with Crippen LogP contribution in [0, 0.1) is 30.6 Å². The van der Waals surface area contributed by atoms with Crippen molar-refractivity contribution >= 4 is 5.71 Å². The Morgan fingerprint density at radius 2 is 1.85 bits per heavy atom. The zero-order valence-corrected chi connectivity index (χ0v) is 17.7. The maximum atomic E-state index is 4.93. The summed E-state index contributed by atoms with van der Waals surface area (Å²) in [5, 5.41) is 0. The van der Waals surface area contributed by atoms with E-state index in [0.717, 1.165) is 30.2 Å². The summed E-state index contributed by atoms with van der Waals surface area (Å²) < 4.78 is 0. The molecule has 144 valence electrons. The molecule has 2 aliphatic carbocycles. The van der Waals surface area contributed by atoms with Crippen molar-refractivity contribution < 1.29 is 0 Å². The second-order valence-electron chi connectivity index (χ2n) is 8.88. The molecule has 0 aliphatic heterocycles. The van der Waals surface area contributed by atoms with E-state index in [0.29, 0.717) is 5.92 Å². The Balaban J connectivity index is 1.96. The van der Waals surface area contributed by atoms with Crippen molar-refractivity contribution in [1.82, 2.24) is 0 Å². The molecule has 0 radical (unpaired) electrons. The van der Waals surface area contributed by atoms with Gasteiger partial charge >= 0.3 is 0 Å². The average Bonchev–Trinajstić information content (AvgIpc) is 2.92. The first-order valence-corrected chi connectivity index (χ1v) is 11.2. The van der Waals surface area contributed by atoms with Gasteiger partial charge in [-0.05, 0) is 80.2 Å². The zero-order valence-electron chi connectivity index (χ0n) is 17.7. The first-order valence-electron chi connectivity index (χ1n) is 11.2. The highest BCUT2D eigenvalue weighted by atomic mass is 14.8. The molecule has 0 heterocycles. The van der Waals surface area contributed by atoms with Gasteiger partial charge in [0.25, 0.3) is 0 Å². The zero-order chi connectivity index (χ0) is 18.7. The second kappa shape index (κ2) is 8.72. The van der Waals surface area contributed by atoms with Crippen molar-refractivity contribution in [3.05, 3.63) is 34.9 Å². The van der Waals surface area contributed by atoms with Crippen LogP contribution in [0.3, 0.4) is 0 Å². The molecular formula is C25H39N. The molecule has 0 saturated heterocycles. The van der Waals surface area contributed by atoms with Gasteiger partial charge in [-0.25, -0.2) is 0 Å². The summed E-state index contributed by atoms with van der Waals surface area (Å²) in [5.41, 5.74) is 6.28. The SMILES string of the molecule is CCCC1CC(=NCC)C(C)C1C1CCc2ccc(C)cc2C1CCC. The van der Waals surface area contributed by atoms with Crippen LogP contribution >= 0.6 is 0 Å². The predicted octanol–water partition coefficient (Wildman–Crippen LogP) is 6.97. The maximum absolute atomic E-state index is 4.93. The van der Waals surface area contributed by atoms with Gasteiger partial charge < -0.3 is 0 Å². The molecule has 3 rings (SSSR count). The van der Waals surface area contributed by atoms with Gasteiger partial charge in [0.05, 0.1) is 0 Å². The van der Waals surface area contributed by atoms with Crippen molar-refractivity contribution in [3.63, 3.8) is 0 Å². The van der Waals surface area contributed by atoms with E-state index in [1.54, 1.807) is 11.1 Å². The van der Waals surface area contributed by atoms with Crippen molar-refractivity contribution in [1.29, 1.82) is 0 Å². The molecule has 26 heavy (non-hydrogen) atoms. The molecule has 1 saturated carbocycles. The molecule has 0 amide bonds. The van der Waals surface area contributed by atoms with Crippen molar-refractivity contribution in [3.8, 4) is 0 Å². The van der Waals surface area contributed by atoms with E-state index in [1.807, 2.05) is 0 Å². The Kier molecular flexibility index (Phi) is 6.59. The third kappa shape index (κ3) is 3.78. The number of rotatable bonds is 6. The highest BCUT2D eigenvalue weighted by molar-refractivity contribution is 5.89. The third-order valence-electron chi connectivity index (χ3n) is 7.20. The minimum atomic E-state index is 0.683. The van der Waals surface area contributed by atoms with Crippen molar-refractivity contribution in [2.45, 2.75) is 85.5 Å². The molecule has 2 aliphatic rings. The summed E-state index contributed by atoms with van der Waals surface area (Å²) in [6, 6.07) is 7.23. The van der Waals surface area contributed by atoms with Crippen LogP contribution in [-0.2, 0) is 6.42 Å². The van der Waals surface area contributed by atoms with E-state index in [4.69, 9.17) is 4.99 Å². The third-order valence-corrected chi connectivity index (χ3v) is 7.20. The standard InChI is InChI=1S/C25H39N/c1-6-9-20-16-24(26-8-3)18(5)25(20)22-14-13-19-12-11-17(4)15-23(19)21(22)10-7-2/h11-12,15,18,20-22,25H,6-10,13-14,16H2,1-5H3. The molecule has 1 nitrogen and oxygen atoms in total. The molecule has 1 aromatic carbocycles. The maximum Gasteiger partial charge on any atom is 0.0360 e. The van der Waals surface area contributed by atoms with Gasteiger partial charge in [0.1, 0.15) is 0 Å². The Labute approximate surface area is 161 Å². The van der Waals surface area contributed by atoms with E-state index in [1.165, 1.54) is 56.2 Å². The molecule has 0 aromatic heterocycles. The topological polar surface area (TPSA) is 12.4 Å². The largest absolute Gasteiger partial charge is 0.294 e. The fourth-order valence-electron chi connectivity index (χ4n) is 6.20. The lowest BCUT2D eigenvalue weighted by molar-refractivity contribution is 0.158. The highest BCUT2D eigenvalue weighted by Gasteiger charge is 2.45. The van der Waals surface area contributed by atoms with E-state index < -0.39 is 0 Å². The first-order chi connectivity index (χ1) is 12.6. The number of benzene rings is 1. The number of aryl methyl sites for hydroxylation is 2. The van der Waals surface area contributed by atoms with Crippen LogP contribution in [0.4, 0.5) is 0 Å². The number of hydrogen-bond donors (Lipinski definition) is 0. The first kappa shape index (κ1) is 19.6. The fraction of sp³-hybridized carbons (Fsp3) is 0.720. The summed E-state index contributed by atoms with van der Waals surface area (Å²) in [5.74, 6) is 3.99. The number of hydrogen-bond acceptors (Lipinski definition) is 1. The van der Waals surface area contributed by atoms with Gasteiger partial charge in [-0.2, -0.15) is 0 Å². The Bertz CT molecular complexity index is 629.